The first kappa shape index (κ1) is 16.9. The number of halogens is 1. The molecule has 122 valence electrons. The van der Waals surface area contributed by atoms with E-state index in [4.69, 9.17) is 4.74 Å². The lowest BCUT2D eigenvalue weighted by Crippen LogP contribution is -2.50. The largest absolute Gasteiger partial charge is 0.389 e. The maximum Gasteiger partial charge on any atom is 0.219 e. The number of carbonyl (C=O) groups is 1. The van der Waals surface area contributed by atoms with E-state index in [1.165, 1.54) is 6.07 Å². The minimum absolute atomic E-state index is 0.0911. The van der Waals surface area contributed by atoms with E-state index < -0.39 is 6.10 Å². The highest BCUT2D eigenvalue weighted by Crippen LogP contribution is 2.08. The topological polar surface area (TPSA) is 53.0 Å². The lowest BCUT2D eigenvalue weighted by atomic mass is 10.2. The van der Waals surface area contributed by atoms with Gasteiger partial charge in [-0.05, 0) is 6.07 Å². The lowest BCUT2D eigenvalue weighted by molar-refractivity contribution is -0.130. The quantitative estimate of drug-likeness (QED) is 0.847. The van der Waals surface area contributed by atoms with Gasteiger partial charge in [0, 0.05) is 45.2 Å². The second-order valence-electron chi connectivity index (χ2n) is 5.57. The van der Waals surface area contributed by atoms with Crippen molar-refractivity contribution in [1.29, 1.82) is 0 Å². The maximum atomic E-state index is 13.4. The van der Waals surface area contributed by atoms with Gasteiger partial charge < -0.3 is 14.7 Å². The zero-order chi connectivity index (χ0) is 15.9. The summed E-state index contributed by atoms with van der Waals surface area (Å²) in [5.74, 6) is -0.203. The molecule has 1 aliphatic rings. The molecule has 6 heteroatoms. The van der Waals surface area contributed by atoms with E-state index in [0.29, 0.717) is 25.2 Å². The Labute approximate surface area is 130 Å². The summed E-state index contributed by atoms with van der Waals surface area (Å²) < 4.78 is 18.8. The lowest BCUT2D eigenvalue weighted by Gasteiger charge is -2.35. The molecule has 0 bridgehead atoms. The second-order valence-corrected chi connectivity index (χ2v) is 5.57. The molecule has 22 heavy (non-hydrogen) atoms. The fraction of sp³-hybridized carbons (Fsp3) is 0.562. The number of hydrogen-bond acceptors (Lipinski definition) is 4. The second kappa shape index (κ2) is 8.22. The first-order valence-electron chi connectivity index (χ1n) is 7.53. The van der Waals surface area contributed by atoms with Gasteiger partial charge in [0.25, 0.3) is 0 Å². The van der Waals surface area contributed by atoms with E-state index in [1.807, 2.05) is 0 Å². The van der Waals surface area contributed by atoms with E-state index in [0.717, 1.165) is 13.1 Å². The maximum absolute atomic E-state index is 13.4. The van der Waals surface area contributed by atoms with Crippen molar-refractivity contribution in [2.75, 3.05) is 39.3 Å². The number of nitrogens with zero attached hydrogens (tertiary/aromatic N) is 2. The summed E-state index contributed by atoms with van der Waals surface area (Å²) in [4.78, 5) is 15.1. The first-order valence-corrected chi connectivity index (χ1v) is 7.53. The van der Waals surface area contributed by atoms with Gasteiger partial charge in [-0.3, -0.25) is 9.69 Å². The van der Waals surface area contributed by atoms with Crippen molar-refractivity contribution in [1.82, 2.24) is 9.80 Å². The van der Waals surface area contributed by atoms with E-state index in [9.17, 15) is 14.3 Å². The summed E-state index contributed by atoms with van der Waals surface area (Å²) in [6.45, 7) is 5.29. The van der Waals surface area contributed by atoms with E-state index >= 15 is 0 Å². The number of ether oxygens (including phenoxy) is 1. The number of carbonyl (C=O) groups excluding carboxylic acids is 1. The standard InChI is InChI=1S/C16H23FN2O3/c1-13(20)19-8-6-18(7-9-19)10-15(21)12-22-11-14-4-2-3-5-16(14)17/h2-5,15,21H,6-12H2,1H3/t15-/m0/s1. The highest BCUT2D eigenvalue weighted by Gasteiger charge is 2.20. The highest BCUT2D eigenvalue weighted by atomic mass is 19.1. The minimum Gasteiger partial charge on any atom is -0.389 e. The van der Waals surface area contributed by atoms with Crippen LogP contribution < -0.4 is 0 Å². The van der Waals surface area contributed by atoms with Crippen LogP contribution >= 0.6 is 0 Å². The van der Waals surface area contributed by atoms with Crippen molar-refractivity contribution in [2.45, 2.75) is 19.6 Å². The smallest absolute Gasteiger partial charge is 0.219 e. The number of aliphatic hydroxyl groups is 1. The van der Waals surface area contributed by atoms with E-state index in [-0.39, 0.29) is 24.9 Å². The Morgan fingerprint density at radius 1 is 1.32 bits per heavy atom. The van der Waals surface area contributed by atoms with Crippen molar-refractivity contribution in [2.24, 2.45) is 0 Å². The summed E-state index contributed by atoms with van der Waals surface area (Å²) in [5, 5.41) is 9.98. The molecule has 0 spiro atoms. The highest BCUT2D eigenvalue weighted by molar-refractivity contribution is 5.73. The predicted octanol–water partition coefficient (Wildman–Crippen LogP) is 0.867. The molecule has 1 aliphatic heterocycles. The van der Waals surface area contributed by atoms with Gasteiger partial charge >= 0.3 is 0 Å². The summed E-state index contributed by atoms with van der Waals surface area (Å²) in [6, 6.07) is 6.45. The number of β-amino-alcohol motifs (C(OH)–C–C–N with tert-alkyl or cyclic N) is 1. The fourth-order valence-corrected chi connectivity index (χ4v) is 2.52. The van der Waals surface area contributed by atoms with Crippen LogP contribution in [0.4, 0.5) is 4.39 Å². The van der Waals surface area contributed by atoms with Crippen LogP contribution in [0, 0.1) is 5.82 Å². The SMILES string of the molecule is CC(=O)N1CCN(C[C@H](O)COCc2ccccc2F)CC1. The third-order valence-corrected chi connectivity index (χ3v) is 3.81. The van der Waals surface area contributed by atoms with Gasteiger partial charge in [0.2, 0.25) is 5.91 Å². The number of rotatable bonds is 6. The van der Waals surface area contributed by atoms with Gasteiger partial charge in [0.15, 0.2) is 0 Å². The molecule has 1 saturated heterocycles. The van der Waals surface area contributed by atoms with Gasteiger partial charge in [-0.1, -0.05) is 18.2 Å². The molecule has 0 saturated carbocycles. The van der Waals surface area contributed by atoms with Gasteiger partial charge in [-0.2, -0.15) is 0 Å². The zero-order valence-electron chi connectivity index (χ0n) is 12.9. The molecule has 0 aliphatic carbocycles. The summed E-state index contributed by atoms with van der Waals surface area (Å²) in [6.07, 6.45) is -0.615. The third-order valence-electron chi connectivity index (χ3n) is 3.81. The zero-order valence-corrected chi connectivity index (χ0v) is 12.9. The fourth-order valence-electron chi connectivity index (χ4n) is 2.52. The van der Waals surface area contributed by atoms with Crippen LogP contribution in [0.2, 0.25) is 0 Å². The molecule has 0 unspecified atom stereocenters. The third kappa shape index (κ3) is 5.05. The molecule has 5 nitrogen and oxygen atoms in total. The summed E-state index contributed by atoms with van der Waals surface area (Å²) >= 11 is 0. The average molecular weight is 310 g/mol. The number of piperazine rings is 1. The van der Waals surface area contributed by atoms with Crippen molar-refractivity contribution < 1.29 is 19.0 Å². The van der Waals surface area contributed by atoms with Gasteiger partial charge in [-0.25, -0.2) is 4.39 Å². The van der Waals surface area contributed by atoms with Crippen molar-refractivity contribution in [3.05, 3.63) is 35.6 Å². The van der Waals surface area contributed by atoms with Crippen LogP contribution in [0.1, 0.15) is 12.5 Å². The Balaban J connectivity index is 1.65. The molecule has 1 amide bonds. The molecule has 1 aromatic rings. The van der Waals surface area contributed by atoms with Crippen LogP contribution in [0.15, 0.2) is 24.3 Å². The Morgan fingerprint density at radius 2 is 2.00 bits per heavy atom. The van der Waals surface area contributed by atoms with Crippen molar-refractivity contribution >= 4 is 5.91 Å². The normalized spacial score (nSPS) is 17.5. The molecule has 0 aromatic heterocycles. The van der Waals surface area contributed by atoms with Crippen molar-refractivity contribution in [3.63, 3.8) is 0 Å². The Bertz CT molecular complexity index is 490. The van der Waals surface area contributed by atoms with Crippen LogP contribution in [0.25, 0.3) is 0 Å². The molecule has 1 aromatic carbocycles. The average Bonchev–Trinajstić information content (AvgIpc) is 2.50. The van der Waals surface area contributed by atoms with Gasteiger partial charge in [0.1, 0.15) is 5.82 Å². The molecule has 1 N–H and O–H groups in total. The summed E-state index contributed by atoms with van der Waals surface area (Å²) in [5.41, 5.74) is 0.491. The first-order chi connectivity index (χ1) is 10.6. The van der Waals surface area contributed by atoms with Gasteiger partial charge in [0.05, 0.1) is 19.3 Å². The number of hydrogen-bond donors (Lipinski definition) is 1. The molecular weight excluding hydrogens is 287 g/mol. The molecular formula is C16H23FN2O3. The number of amides is 1. The van der Waals surface area contributed by atoms with Crippen molar-refractivity contribution in [3.8, 4) is 0 Å². The Hall–Kier alpha value is -1.50. The van der Waals surface area contributed by atoms with E-state index in [1.54, 1.807) is 30.0 Å². The number of aliphatic hydroxyl groups excluding tert-OH is 1. The number of benzene rings is 1. The summed E-state index contributed by atoms with van der Waals surface area (Å²) in [7, 11) is 0. The predicted molar refractivity (Wildman–Crippen MR) is 80.8 cm³/mol. The van der Waals surface area contributed by atoms with Gasteiger partial charge in [-0.15, -0.1) is 0 Å². The molecule has 1 fully saturated rings. The molecule has 0 radical (unpaired) electrons. The van der Waals surface area contributed by atoms with Crippen LogP contribution in [0.5, 0.6) is 0 Å². The van der Waals surface area contributed by atoms with E-state index in [2.05, 4.69) is 4.90 Å². The Morgan fingerprint density at radius 3 is 2.64 bits per heavy atom. The van der Waals surface area contributed by atoms with Crippen LogP contribution in [-0.4, -0.2) is 66.2 Å². The molecule has 2 rings (SSSR count). The minimum atomic E-state index is -0.615. The molecule has 1 heterocycles. The van der Waals surface area contributed by atoms with Crippen LogP contribution in [-0.2, 0) is 16.1 Å². The molecule has 1 atom stereocenters. The monoisotopic (exact) mass is 310 g/mol. The van der Waals surface area contributed by atoms with Crippen LogP contribution in [0.3, 0.4) is 0 Å². The Kier molecular flexibility index (Phi) is 6.30.